The predicted octanol–water partition coefficient (Wildman–Crippen LogP) is 4.50. The standard InChI is InChI=1S/C19H25NO/c1-15-10-8-9-13-17(15)21-18(14-20-19(2,3)4)16-11-6-5-7-12-16/h5-13,18,20H,14H2,1-4H3. The van der Waals surface area contributed by atoms with Crippen molar-refractivity contribution in [3.05, 3.63) is 65.7 Å². The zero-order valence-electron chi connectivity index (χ0n) is 13.4. The van der Waals surface area contributed by atoms with Gasteiger partial charge < -0.3 is 10.1 Å². The quantitative estimate of drug-likeness (QED) is 0.872. The molecule has 21 heavy (non-hydrogen) atoms. The highest BCUT2D eigenvalue weighted by atomic mass is 16.5. The number of nitrogens with one attached hydrogen (secondary N) is 1. The average molecular weight is 283 g/mol. The van der Waals surface area contributed by atoms with Crippen LogP contribution in [-0.2, 0) is 0 Å². The molecule has 0 amide bonds. The molecule has 2 aromatic rings. The lowest BCUT2D eigenvalue weighted by atomic mass is 10.1. The average Bonchev–Trinajstić information content (AvgIpc) is 2.45. The molecule has 2 aromatic carbocycles. The smallest absolute Gasteiger partial charge is 0.136 e. The van der Waals surface area contributed by atoms with Crippen LogP contribution in [-0.4, -0.2) is 12.1 Å². The number of hydrogen-bond donors (Lipinski definition) is 1. The molecule has 0 aliphatic heterocycles. The number of rotatable bonds is 5. The Balaban J connectivity index is 2.18. The van der Waals surface area contributed by atoms with E-state index in [4.69, 9.17) is 4.74 Å². The van der Waals surface area contributed by atoms with Crippen LogP contribution in [0.4, 0.5) is 0 Å². The normalized spacial score (nSPS) is 13.0. The lowest BCUT2D eigenvalue weighted by Crippen LogP contribution is -2.39. The van der Waals surface area contributed by atoms with Gasteiger partial charge in [-0.1, -0.05) is 48.5 Å². The summed E-state index contributed by atoms with van der Waals surface area (Å²) >= 11 is 0. The van der Waals surface area contributed by atoms with Crippen LogP contribution in [0.25, 0.3) is 0 Å². The van der Waals surface area contributed by atoms with Gasteiger partial charge in [0.15, 0.2) is 0 Å². The van der Waals surface area contributed by atoms with Crippen LogP contribution in [0.1, 0.15) is 38.0 Å². The van der Waals surface area contributed by atoms with Gasteiger partial charge in [-0.25, -0.2) is 0 Å². The Labute approximate surface area is 128 Å². The number of hydrogen-bond acceptors (Lipinski definition) is 2. The van der Waals surface area contributed by atoms with Gasteiger partial charge in [0, 0.05) is 12.1 Å². The fourth-order valence-corrected chi connectivity index (χ4v) is 2.14. The van der Waals surface area contributed by atoms with E-state index in [0.29, 0.717) is 0 Å². The van der Waals surface area contributed by atoms with Gasteiger partial charge in [-0.05, 0) is 44.9 Å². The molecule has 0 fully saturated rings. The van der Waals surface area contributed by atoms with E-state index in [0.717, 1.165) is 17.9 Å². The highest BCUT2D eigenvalue weighted by Gasteiger charge is 2.17. The Morgan fingerprint density at radius 2 is 1.57 bits per heavy atom. The third-order valence-electron chi connectivity index (χ3n) is 3.35. The monoisotopic (exact) mass is 283 g/mol. The summed E-state index contributed by atoms with van der Waals surface area (Å²) in [6.45, 7) is 9.37. The maximum atomic E-state index is 6.26. The molecule has 0 saturated heterocycles. The van der Waals surface area contributed by atoms with Crippen molar-refractivity contribution in [2.75, 3.05) is 6.54 Å². The molecule has 0 aliphatic carbocycles. The molecule has 2 rings (SSSR count). The van der Waals surface area contributed by atoms with Gasteiger partial charge >= 0.3 is 0 Å². The first-order valence-electron chi connectivity index (χ1n) is 7.48. The van der Waals surface area contributed by atoms with Crippen LogP contribution in [0.2, 0.25) is 0 Å². The van der Waals surface area contributed by atoms with Crippen LogP contribution in [0.3, 0.4) is 0 Å². The van der Waals surface area contributed by atoms with Crippen LogP contribution in [0, 0.1) is 6.92 Å². The van der Waals surface area contributed by atoms with Crippen LogP contribution in [0.15, 0.2) is 54.6 Å². The van der Waals surface area contributed by atoms with Crippen molar-refractivity contribution in [3.63, 3.8) is 0 Å². The Morgan fingerprint density at radius 1 is 0.952 bits per heavy atom. The Hall–Kier alpha value is -1.80. The first-order chi connectivity index (χ1) is 9.96. The van der Waals surface area contributed by atoms with Crippen molar-refractivity contribution in [3.8, 4) is 5.75 Å². The Bertz CT molecular complexity index is 557. The summed E-state index contributed by atoms with van der Waals surface area (Å²) in [7, 11) is 0. The van der Waals surface area contributed by atoms with Crippen molar-refractivity contribution in [2.45, 2.75) is 39.3 Å². The minimum absolute atomic E-state index is 0.00604. The van der Waals surface area contributed by atoms with E-state index in [2.05, 4.69) is 63.3 Å². The SMILES string of the molecule is Cc1ccccc1OC(CNC(C)(C)C)c1ccccc1. The highest BCUT2D eigenvalue weighted by Crippen LogP contribution is 2.25. The van der Waals surface area contributed by atoms with E-state index in [1.807, 2.05) is 24.3 Å². The molecule has 0 bridgehead atoms. The van der Waals surface area contributed by atoms with E-state index in [1.165, 1.54) is 5.56 Å². The van der Waals surface area contributed by atoms with Crippen molar-refractivity contribution in [2.24, 2.45) is 0 Å². The fourth-order valence-electron chi connectivity index (χ4n) is 2.14. The molecule has 1 N–H and O–H groups in total. The number of ether oxygens (including phenoxy) is 1. The topological polar surface area (TPSA) is 21.3 Å². The zero-order valence-corrected chi connectivity index (χ0v) is 13.4. The first kappa shape index (κ1) is 15.6. The molecule has 0 aliphatic rings. The van der Waals surface area contributed by atoms with Gasteiger partial charge in [0.05, 0.1) is 0 Å². The van der Waals surface area contributed by atoms with Gasteiger partial charge in [-0.3, -0.25) is 0 Å². The predicted molar refractivity (Wildman–Crippen MR) is 88.7 cm³/mol. The highest BCUT2D eigenvalue weighted by molar-refractivity contribution is 5.33. The zero-order chi connectivity index (χ0) is 15.3. The van der Waals surface area contributed by atoms with Crippen molar-refractivity contribution < 1.29 is 4.74 Å². The molecule has 0 radical (unpaired) electrons. The summed E-state index contributed by atoms with van der Waals surface area (Å²) in [6, 6.07) is 18.5. The molecule has 0 saturated carbocycles. The third-order valence-corrected chi connectivity index (χ3v) is 3.35. The number of benzene rings is 2. The maximum absolute atomic E-state index is 6.26. The van der Waals surface area contributed by atoms with Crippen molar-refractivity contribution in [1.82, 2.24) is 5.32 Å². The molecule has 1 atom stereocenters. The largest absolute Gasteiger partial charge is 0.484 e. The minimum Gasteiger partial charge on any atom is -0.484 e. The second-order valence-corrected chi connectivity index (χ2v) is 6.41. The summed E-state index contributed by atoms with van der Waals surface area (Å²) in [5, 5.41) is 3.54. The van der Waals surface area contributed by atoms with E-state index in [1.54, 1.807) is 0 Å². The number of para-hydroxylation sites is 1. The van der Waals surface area contributed by atoms with Crippen molar-refractivity contribution in [1.29, 1.82) is 0 Å². The van der Waals surface area contributed by atoms with Gasteiger partial charge in [0.25, 0.3) is 0 Å². The summed E-state index contributed by atoms with van der Waals surface area (Å²) in [6.07, 6.45) is 0.00604. The second kappa shape index (κ2) is 6.77. The Kier molecular flexibility index (Phi) is 5.03. The van der Waals surface area contributed by atoms with Gasteiger partial charge in [0.1, 0.15) is 11.9 Å². The fraction of sp³-hybridized carbons (Fsp3) is 0.368. The second-order valence-electron chi connectivity index (χ2n) is 6.41. The van der Waals surface area contributed by atoms with Gasteiger partial charge in [-0.15, -0.1) is 0 Å². The summed E-state index contributed by atoms with van der Waals surface area (Å²) in [5.41, 5.74) is 2.42. The van der Waals surface area contributed by atoms with E-state index in [9.17, 15) is 0 Å². The first-order valence-corrected chi connectivity index (χ1v) is 7.48. The summed E-state index contributed by atoms with van der Waals surface area (Å²) in [4.78, 5) is 0. The van der Waals surface area contributed by atoms with Crippen LogP contribution >= 0.6 is 0 Å². The molecule has 0 heterocycles. The lowest BCUT2D eigenvalue weighted by Gasteiger charge is -2.26. The molecule has 112 valence electrons. The Morgan fingerprint density at radius 3 is 2.19 bits per heavy atom. The molecule has 2 heteroatoms. The third kappa shape index (κ3) is 4.91. The minimum atomic E-state index is 0.00604. The number of aryl methyl sites for hydroxylation is 1. The van der Waals surface area contributed by atoms with Crippen molar-refractivity contribution >= 4 is 0 Å². The van der Waals surface area contributed by atoms with Crippen LogP contribution in [0.5, 0.6) is 5.75 Å². The molecule has 1 unspecified atom stereocenters. The summed E-state index contributed by atoms with van der Waals surface area (Å²) in [5.74, 6) is 0.946. The molecule has 2 nitrogen and oxygen atoms in total. The molecular weight excluding hydrogens is 258 g/mol. The maximum Gasteiger partial charge on any atom is 0.136 e. The van der Waals surface area contributed by atoms with E-state index < -0.39 is 0 Å². The molecular formula is C19H25NO. The molecule has 0 spiro atoms. The molecule has 0 aromatic heterocycles. The van der Waals surface area contributed by atoms with E-state index >= 15 is 0 Å². The lowest BCUT2D eigenvalue weighted by molar-refractivity contribution is 0.187. The van der Waals surface area contributed by atoms with E-state index in [-0.39, 0.29) is 11.6 Å². The summed E-state index contributed by atoms with van der Waals surface area (Å²) < 4.78 is 6.26. The van der Waals surface area contributed by atoms with Crippen LogP contribution < -0.4 is 10.1 Å². The van der Waals surface area contributed by atoms with Gasteiger partial charge in [0.2, 0.25) is 0 Å². The van der Waals surface area contributed by atoms with Gasteiger partial charge in [-0.2, -0.15) is 0 Å².